The van der Waals surface area contributed by atoms with E-state index in [9.17, 15) is 9.59 Å². The van der Waals surface area contributed by atoms with Crippen molar-refractivity contribution in [2.75, 3.05) is 18.6 Å². The van der Waals surface area contributed by atoms with E-state index in [4.69, 9.17) is 4.74 Å². The molecule has 7 heteroatoms. The number of carbonyl (C=O) groups excluding carboxylic acids is 1. The minimum Gasteiger partial charge on any atom is -0.497 e. The van der Waals surface area contributed by atoms with E-state index in [0.717, 1.165) is 46.3 Å². The summed E-state index contributed by atoms with van der Waals surface area (Å²) in [5.41, 5.74) is 4.97. The van der Waals surface area contributed by atoms with Crippen LogP contribution in [0.25, 0.3) is 16.6 Å². The van der Waals surface area contributed by atoms with Crippen LogP contribution in [0.2, 0.25) is 0 Å². The number of hydrogen-bond donors (Lipinski definition) is 1. The van der Waals surface area contributed by atoms with E-state index in [1.54, 1.807) is 18.9 Å². The molecule has 5 rings (SSSR count). The van der Waals surface area contributed by atoms with Crippen LogP contribution in [-0.2, 0) is 6.42 Å². The number of aryl methyl sites for hydroxylation is 1. The largest absolute Gasteiger partial charge is 0.497 e. The predicted molar refractivity (Wildman–Crippen MR) is 151 cm³/mol. The Morgan fingerprint density at radius 3 is 2.50 bits per heavy atom. The first kappa shape index (κ1) is 25.0. The van der Waals surface area contributed by atoms with Gasteiger partial charge in [-0.1, -0.05) is 37.3 Å². The molecule has 3 aromatic carbocycles. The van der Waals surface area contributed by atoms with Crippen LogP contribution in [0.3, 0.4) is 0 Å². The summed E-state index contributed by atoms with van der Waals surface area (Å²) in [6.45, 7) is 4.28. The Hall–Kier alpha value is -4.65. The van der Waals surface area contributed by atoms with Crippen LogP contribution < -0.4 is 15.2 Å². The van der Waals surface area contributed by atoms with Crippen molar-refractivity contribution in [2.24, 2.45) is 0 Å². The number of pyridine rings is 1. The molecule has 5 aromatic rings. The summed E-state index contributed by atoms with van der Waals surface area (Å²) in [7, 11) is 1.65. The third-order valence-corrected chi connectivity index (χ3v) is 6.67. The highest BCUT2D eigenvalue weighted by atomic mass is 16.5. The number of amides is 1. The van der Waals surface area contributed by atoms with Crippen LogP contribution in [0.4, 0.5) is 5.69 Å². The first-order valence-corrected chi connectivity index (χ1v) is 12.7. The molecule has 38 heavy (non-hydrogen) atoms. The molecule has 1 N–H and O–H groups in total. The summed E-state index contributed by atoms with van der Waals surface area (Å²) in [5.74, 6) is 0.475. The van der Waals surface area contributed by atoms with Crippen molar-refractivity contribution >= 4 is 22.5 Å². The fraction of sp³-hybridized carbons (Fsp3) is 0.194. The molecule has 0 aliphatic carbocycles. The fourth-order valence-electron chi connectivity index (χ4n) is 4.75. The Labute approximate surface area is 221 Å². The van der Waals surface area contributed by atoms with Gasteiger partial charge in [-0.3, -0.25) is 19.7 Å². The van der Waals surface area contributed by atoms with Crippen LogP contribution in [0.5, 0.6) is 5.75 Å². The quantitative estimate of drug-likeness (QED) is 0.294. The molecule has 0 bridgehead atoms. The van der Waals surface area contributed by atoms with Crippen LogP contribution in [0, 0.1) is 6.92 Å². The zero-order valence-electron chi connectivity index (χ0n) is 21.8. The van der Waals surface area contributed by atoms with E-state index < -0.39 is 0 Å². The molecule has 1 amide bonds. The van der Waals surface area contributed by atoms with E-state index >= 15 is 0 Å². The monoisotopic (exact) mass is 506 g/mol. The number of ether oxygens (including phenoxy) is 1. The number of anilines is 1. The minimum absolute atomic E-state index is 0.157. The van der Waals surface area contributed by atoms with Crippen molar-refractivity contribution in [2.45, 2.75) is 26.7 Å². The molecule has 0 fully saturated rings. The number of methoxy groups -OCH3 is 1. The van der Waals surface area contributed by atoms with Gasteiger partial charge in [-0.2, -0.15) is 0 Å². The van der Waals surface area contributed by atoms with Crippen molar-refractivity contribution in [1.29, 1.82) is 0 Å². The average molecular weight is 507 g/mol. The van der Waals surface area contributed by atoms with Gasteiger partial charge in [0, 0.05) is 35.6 Å². The molecule has 0 saturated heterocycles. The van der Waals surface area contributed by atoms with Gasteiger partial charge in [0.05, 0.1) is 18.3 Å². The van der Waals surface area contributed by atoms with Gasteiger partial charge in [0.1, 0.15) is 11.3 Å². The Morgan fingerprint density at radius 1 is 1.03 bits per heavy atom. The van der Waals surface area contributed by atoms with Gasteiger partial charge >= 0.3 is 0 Å². The summed E-state index contributed by atoms with van der Waals surface area (Å²) in [6.07, 6.45) is 3.30. The number of carbonyl (C=O) groups is 1. The van der Waals surface area contributed by atoms with E-state index in [1.165, 1.54) is 4.68 Å². The normalized spacial score (nSPS) is 11.0. The number of nitrogens with zero attached hydrogens (tertiary/aromatic N) is 3. The van der Waals surface area contributed by atoms with Crippen LogP contribution >= 0.6 is 0 Å². The molecule has 0 radical (unpaired) electrons. The summed E-state index contributed by atoms with van der Waals surface area (Å²) in [6, 6.07) is 25.2. The van der Waals surface area contributed by atoms with Crippen LogP contribution in [0.15, 0.2) is 89.9 Å². The number of rotatable bonds is 8. The zero-order valence-corrected chi connectivity index (χ0v) is 21.8. The number of nitrogens with one attached hydrogen (secondary N) is 1. The van der Waals surface area contributed by atoms with E-state index in [2.05, 4.69) is 10.1 Å². The lowest BCUT2D eigenvalue weighted by Crippen LogP contribution is -2.35. The van der Waals surface area contributed by atoms with Crippen LogP contribution in [0.1, 0.15) is 40.5 Å². The molecule has 0 spiro atoms. The number of H-pyrrole nitrogens is 1. The van der Waals surface area contributed by atoms with Gasteiger partial charge in [0.25, 0.3) is 11.5 Å². The second kappa shape index (κ2) is 10.8. The minimum atomic E-state index is -0.349. The third kappa shape index (κ3) is 4.83. The average Bonchev–Trinajstić information content (AvgIpc) is 3.25. The summed E-state index contributed by atoms with van der Waals surface area (Å²) in [5, 5.41) is 4.14. The summed E-state index contributed by atoms with van der Waals surface area (Å²) >= 11 is 0. The number of aromatic nitrogens is 3. The third-order valence-electron chi connectivity index (χ3n) is 6.67. The van der Waals surface area contributed by atoms with Gasteiger partial charge in [-0.05, 0) is 73.4 Å². The lowest BCUT2D eigenvalue weighted by Gasteiger charge is -2.22. The number of hydrogen-bond acceptors (Lipinski definition) is 4. The first-order valence-electron chi connectivity index (χ1n) is 12.7. The molecular weight excluding hydrogens is 476 g/mol. The molecular formula is C31H30N4O3. The molecule has 2 heterocycles. The fourth-order valence-corrected chi connectivity index (χ4v) is 4.75. The molecule has 0 aliphatic heterocycles. The second-order valence-corrected chi connectivity index (χ2v) is 9.24. The maximum atomic E-state index is 13.7. The maximum Gasteiger partial charge on any atom is 0.284 e. The second-order valence-electron chi connectivity index (χ2n) is 9.24. The molecule has 2 aromatic heterocycles. The highest BCUT2D eigenvalue weighted by Crippen LogP contribution is 2.25. The van der Waals surface area contributed by atoms with Crippen molar-refractivity contribution in [3.05, 3.63) is 118 Å². The molecule has 7 nitrogen and oxygen atoms in total. The van der Waals surface area contributed by atoms with Crippen molar-refractivity contribution in [1.82, 2.24) is 14.8 Å². The van der Waals surface area contributed by atoms with Gasteiger partial charge in [-0.25, -0.2) is 4.68 Å². The van der Waals surface area contributed by atoms with E-state index in [1.807, 2.05) is 92.0 Å². The molecule has 0 saturated carbocycles. The Kier molecular flexibility index (Phi) is 7.09. The summed E-state index contributed by atoms with van der Waals surface area (Å²) in [4.78, 5) is 33.1. The standard InChI is InChI=1S/C31H30N4O3/c1-4-18-34(30(36)29-21(2)33-35(31(29)37)25-8-6-5-7-9-25)24-12-10-22(11-13-24)19-23-16-17-32-28-20-26(38-3)14-15-27(23)28/h5-17,20,33H,4,18-19H2,1-3H3. The van der Waals surface area contributed by atoms with Crippen molar-refractivity contribution < 1.29 is 9.53 Å². The number of fused-ring (bicyclic) bond motifs is 1. The Balaban J connectivity index is 1.42. The van der Waals surface area contributed by atoms with Gasteiger partial charge < -0.3 is 9.64 Å². The zero-order chi connectivity index (χ0) is 26.6. The summed E-state index contributed by atoms with van der Waals surface area (Å²) < 4.78 is 6.75. The van der Waals surface area contributed by atoms with Gasteiger partial charge in [0.2, 0.25) is 0 Å². The Bertz CT molecular complexity index is 1640. The first-order chi connectivity index (χ1) is 18.5. The highest BCUT2D eigenvalue weighted by Gasteiger charge is 2.25. The molecule has 0 atom stereocenters. The van der Waals surface area contributed by atoms with Crippen molar-refractivity contribution in [3.8, 4) is 11.4 Å². The predicted octanol–water partition coefficient (Wildman–Crippen LogP) is 5.68. The lowest BCUT2D eigenvalue weighted by molar-refractivity contribution is 0.0985. The number of aromatic amines is 1. The molecule has 192 valence electrons. The van der Waals surface area contributed by atoms with E-state index in [-0.39, 0.29) is 17.0 Å². The highest BCUT2D eigenvalue weighted by molar-refractivity contribution is 6.06. The maximum absolute atomic E-state index is 13.7. The number of benzene rings is 3. The van der Waals surface area contributed by atoms with E-state index in [0.29, 0.717) is 17.9 Å². The van der Waals surface area contributed by atoms with Crippen LogP contribution in [-0.4, -0.2) is 34.3 Å². The number of para-hydroxylation sites is 1. The van der Waals surface area contributed by atoms with Gasteiger partial charge in [0.15, 0.2) is 0 Å². The van der Waals surface area contributed by atoms with Gasteiger partial charge in [-0.15, -0.1) is 0 Å². The Morgan fingerprint density at radius 2 is 1.79 bits per heavy atom. The smallest absolute Gasteiger partial charge is 0.284 e. The lowest BCUT2D eigenvalue weighted by atomic mass is 10.0. The molecule has 0 aliphatic rings. The topological polar surface area (TPSA) is 80.2 Å². The SMILES string of the molecule is CCCN(C(=O)c1c(C)[nH]n(-c2ccccc2)c1=O)c1ccc(Cc2ccnc3cc(OC)ccc23)cc1. The van der Waals surface area contributed by atoms with Crippen molar-refractivity contribution in [3.63, 3.8) is 0 Å². The molecule has 0 unspecified atom stereocenters.